The van der Waals surface area contributed by atoms with Crippen LogP contribution in [0, 0.1) is 15.9 Å². The molecule has 2 heterocycles. The molecule has 2 aromatic carbocycles. The van der Waals surface area contributed by atoms with Crippen molar-refractivity contribution in [2.75, 3.05) is 11.9 Å². The van der Waals surface area contributed by atoms with Crippen LogP contribution in [0.3, 0.4) is 0 Å². The SMILES string of the molecule is CCCCOC(=O)C1=C(C)Nc2nc(SCc3ccccc3F)nn2C1c1ccc([N+](=O)[O-])cc1. The van der Waals surface area contributed by atoms with Gasteiger partial charge in [0.25, 0.3) is 5.69 Å². The van der Waals surface area contributed by atoms with Crippen LogP contribution in [0.1, 0.15) is 43.9 Å². The number of nitro groups is 1. The Hall–Kier alpha value is -3.73. The number of nitrogens with zero attached hydrogens (tertiary/aromatic N) is 4. The molecular weight excluding hydrogens is 473 g/mol. The van der Waals surface area contributed by atoms with Gasteiger partial charge in [-0.05, 0) is 42.7 Å². The Morgan fingerprint density at radius 2 is 2.00 bits per heavy atom. The van der Waals surface area contributed by atoms with Gasteiger partial charge in [-0.25, -0.2) is 13.9 Å². The number of non-ortho nitro benzene ring substituents is 1. The zero-order valence-electron chi connectivity index (χ0n) is 19.2. The molecule has 182 valence electrons. The van der Waals surface area contributed by atoms with Crippen LogP contribution in [0.15, 0.2) is 65.0 Å². The zero-order chi connectivity index (χ0) is 24.9. The van der Waals surface area contributed by atoms with Gasteiger partial charge in [0.15, 0.2) is 0 Å². The molecule has 0 bridgehead atoms. The van der Waals surface area contributed by atoms with Crippen LogP contribution in [-0.4, -0.2) is 32.3 Å². The van der Waals surface area contributed by atoms with Crippen molar-refractivity contribution in [1.29, 1.82) is 0 Å². The quantitative estimate of drug-likeness (QED) is 0.140. The van der Waals surface area contributed by atoms with Gasteiger partial charge in [-0.1, -0.05) is 43.3 Å². The van der Waals surface area contributed by atoms with E-state index in [-0.39, 0.29) is 18.1 Å². The maximum atomic E-state index is 14.0. The molecule has 1 N–H and O–H groups in total. The van der Waals surface area contributed by atoms with Gasteiger partial charge in [-0.2, -0.15) is 4.98 Å². The van der Waals surface area contributed by atoms with Crippen molar-refractivity contribution < 1.29 is 18.8 Å². The number of carbonyl (C=O) groups is 1. The normalized spacial score (nSPS) is 14.9. The molecular formula is C24H24FN5O4S. The Morgan fingerprint density at radius 3 is 2.69 bits per heavy atom. The number of rotatable bonds is 9. The number of aromatic nitrogens is 3. The second-order valence-electron chi connectivity index (χ2n) is 7.95. The van der Waals surface area contributed by atoms with E-state index in [2.05, 4.69) is 15.4 Å². The van der Waals surface area contributed by atoms with Crippen molar-refractivity contribution in [3.05, 3.63) is 86.9 Å². The number of esters is 1. The number of unbranched alkanes of at least 4 members (excludes halogenated alkanes) is 1. The number of nitro benzene ring substituents is 1. The lowest BCUT2D eigenvalue weighted by Crippen LogP contribution is -2.29. The van der Waals surface area contributed by atoms with Gasteiger partial charge in [0.1, 0.15) is 11.9 Å². The number of carbonyl (C=O) groups excluding carboxylic acids is 1. The highest BCUT2D eigenvalue weighted by molar-refractivity contribution is 7.98. The lowest BCUT2D eigenvalue weighted by atomic mass is 9.95. The molecule has 9 nitrogen and oxygen atoms in total. The molecule has 1 aromatic heterocycles. The lowest BCUT2D eigenvalue weighted by Gasteiger charge is -2.28. The van der Waals surface area contributed by atoms with Gasteiger partial charge in [0.05, 0.1) is 17.1 Å². The molecule has 0 radical (unpaired) electrons. The topological polar surface area (TPSA) is 112 Å². The first-order chi connectivity index (χ1) is 16.9. The van der Waals surface area contributed by atoms with Crippen LogP contribution in [0.25, 0.3) is 0 Å². The average molecular weight is 498 g/mol. The highest BCUT2D eigenvalue weighted by atomic mass is 32.2. The van der Waals surface area contributed by atoms with E-state index in [9.17, 15) is 19.3 Å². The minimum absolute atomic E-state index is 0.0598. The van der Waals surface area contributed by atoms with Crippen LogP contribution in [0.2, 0.25) is 0 Å². The molecule has 3 aromatic rings. The van der Waals surface area contributed by atoms with Gasteiger partial charge in [0.2, 0.25) is 11.1 Å². The molecule has 35 heavy (non-hydrogen) atoms. The minimum atomic E-state index is -0.698. The van der Waals surface area contributed by atoms with Gasteiger partial charge in [-0.3, -0.25) is 10.1 Å². The number of ether oxygens (including phenoxy) is 1. The number of fused-ring (bicyclic) bond motifs is 1. The Kier molecular flexibility index (Phi) is 7.45. The van der Waals surface area contributed by atoms with Crippen LogP contribution < -0.4 is 5.32 Å². The number of anilines is 1. The summed E-state index contributed by atoms with van der Waals surface area (Å²) in [6.45, 7) is 4.04. The molecule has 1 aliphatic rings. The molecule has 0 fully saturated rings. The molecule has 0 amide bonds. The van der Waals surface area contributed by atoms with Crippen molar-refractivity contribution in [2.24, 2.45) is 0 Å². The Balaban J connectivity index is 1.68. The van der Waals surface area contributed by atoms with Gasteiger partial charge >= 0.3 is 5.97 Å². The summed E-state index contributed by atoms with van der Waals surface area (Å²) < 4.78 is 21.1. The fourth-order valence-electron chi connectivity index (χ4n) is 3.69. The third-order valence-corrected chi connectivity index (χ3v) is 6.40. The second-order valence-corrected chi connectivity index (χ2v) is 8.89. The first kappa shape index (κ1) is 24.4. The van der Waals surface area contributed by atoms with Crippen molar-refractivity contribution in [3.8, 4) is 0 Å². The first-order valence-electron chi connectivity index (χ1n) is 11.1. The van der Waals surface area contributed by atoms with E-state index < -0.39 is 16.9 Å². The maximum absolute atomic E-state index is 14.0. The van der Waals surface area contributed by atoms with Gasteiger partial charge < -0.3 is 10.1 Å². The summed E-state index contributed by atoms with van der Waals surface area (Å²) in [5.41, 5.74) is 1.99. The average Bonchev–Trinajstić information content (AvgIpc) is 3.25. The van der Waals surface area contributed by atoms with Gasteiger partial charge in [0, 0.05) is 23.6 Å². The van der Waals surface area contributed by atoms with E-state index in [0.717, 1.165) is 12.8 Å². The van der Waals surface area contributed by atoms with E-state index >= 15 is 0 Å². The molecule has 11 heteroatoms. The smallest absolute Gasteiger partial charge is 0.338 e. The molecule has 1 unspecified atom stereocenters. The van der Waals surface area contributed by atoms with Crippen LogP contribution in [0.5, 0.6) is 0 Å². The number of halogens is 1. The summed E-state index contributed by atoms with van der Waals surface area (Å²) in [4.78, 5) is 28.2. The highest BCUT2D eigenvalue weighted by Crippen LogP contribution is 2.37. The fraction of sp³-hybridized carbons (Fsp3) is 0.292. The third kappa shape index (κ3) is 5.35. The summed E-state index contributed by atoms with van der Waals surface area (Å²) >= 11 is 1.27. The second kappa shape index (κ2) is 10.7. The van der Waals surface area contributed by atoms with Gasteiger partial charge in [-0.15, -0.1) is 5.10 Å². The van der Waals surface area contributed by atoms with Crippen LogP contribution >= 0.6 is 11.8 Å². The van der Waals surface area contributed by atoms with E-state index in [4.69, 9.17) is 4.74 Å². The monoisotopic (exact) mass is 497 g/mol. The summed E-state index contributed by atoms with van der Waals surface area (Å²) in [7, 11) is 0. The lowest BCUT2D eigenvalue weighted by molar-refractivity contribution is -0.384. The maximum Gasteiger partial charge on any atom is 0.338 e. The first-order valence-corrected chi connectivity index (χ1v) is 12.1. The fourth-order valence-corrected chi connectivity index (χ4v) is 4.50. The predicted octanol–water partition coefficient (Wildman–Crippen LogP) is 5.25. The number of thioether (sulfide) groups is 1. The molecule has 0 aliphatic carbocycles. The van der Waals surface area contributed by atoms with Crippen molar-refractivity contribution in [2.45, 2.75) is 43.6 Å². The standard InChI is InChI=1S/C24H24FN5O4S/c1-3-4-13-34-22(31)20-15(2)26-23-27-24(35-14-17-7-5-6-8-19(17)25)28-29(23)21(20)16-9-11-18(12-10-16)30(32)33/h5-12,21H,3-4,13-14H2,1-2H3,(H,26,27,28). The molecule has 1 atom stereocenters. The highest BCUT2D eigenvalue weighted by Gasteiger charge is 2.35. The summed E-state index contributed by atoms with van der Waals surface area (Å²) in [5.74, 6) is -0.0580. The van der Waals surface area contributed by atoms with Crippen molar-refractivity contribution in [1.82, 2.24) is 14.8 Å². The third-order valence-electron chi connectivity index (χ3n) is 5.52. The Morgan fingerprint density at radius 1 is 1.26 bits per heavy atom. The predicted molar refractivity (Wildman–Crippen MR) is 129 cm³/mol. The molecule has 4 rings (SSSR count). The van der Waals surface area contributed by atoms with Crippen LogP contribution in [-0.2, 0) is 15.3 Å². The zero-order valence-corrected chi connectivity index (χ0v) is 20.0. The number of nitrogens with one attached hydrogen (secondary N) is 1. The Labute approximate surface area is 205 Å². The summed E-state index contributed by atoms with van der Waals surface area (Å²) in [5, 5.41) is 19.2. The number of hydrogen-bond acceptors (Lipinski definition) is 8. The largest absolute Gasteiger partial charge is 0.462 e. The molecule has 1 aliphatic heterocycles. The Bertz CT molecular complexity index is 1280. The van der Waals surface area contributed by atoms with Crippen LogP contribution in [0.4, 0.5) is 16.0 Å². The number of hydrogen-bond donors (Lipinski definition) is 1. The summed E-state index contributed by atoms with van der Waals surface area (Å²) in [6, 6.07) is 11.8. The molecule has 0 saturated heterocycles. The number of allylic oxidation sites excluding steroid dienone is 1. The number of benzene rings is 2. The van der Waals surface area contributed by atoms with Crippen molar-refractivity contribution >= 4 is 29.4 Å². The molecule has 0 saturated carbocycles. The van der Waals surface area contributed by atoms with E-state index in [1.165, 1.54) is 30.0 Å². The van der Waals surface area contributed by atoms with Crippen molar-refractivity contribution in [3.63, 3.8) is 0 Å². The van der Waals surface area contributed by atoms with E-state index in [1.54, 1.807) is 41.9 Å². The van der Waals surface area contributed by atoms with E-state index in [1.807, 2.05) is 6.92 Å². The summed E-state index contributed by atoms with van der Waals surface area (Å²) in [6.07, 6.45) is 1.62. The molecule has 0 spiro atoms. The minimum Gasteiger partial charge on any atom is -0.462 e. The van der Waals surface area contributed by atoms with E-state index in [0.29, 0.717) is 39.3 Å².